The number of ether oxygens (including phenoxy) is 1. The molecular formula is C12H15NO3. The van der Waals surface area contributed by atoms with Gasteiger partial charge in [-0.25, -0.2) is 4.79 Å². The molecule has 0 saturated carbocycles. The summed E-state index contributed by atoms with van der Waals surface area (Å²) in [6.07, 6.45) is 11.1. The van der Waals surface area contributed by atoms with Crippen LogP contribution in [0.2, 0.25) is 0 Å². The van der Waals surface area contributed by atoms with Gasteiger partial charge in [0.25, 0.3) is 0 Å². The number of methoxy groups -OCH3 is 1. The highest BCUT2D eigenvalue weighted by atomic mass is 16.5. The summed E-state index contributed by atoms with van der Waals surface area (Å²) in [5.74, 6) is -0.581. The molecule has 1 rings (SSSR count). The summed E-state index contributed by atoms with van der Waals surface area (Å²) in [6.45, 7) is 1.44. The highest BCUT2D eigenvalue weighted by Gasteiger charge is 2.24. The molecule has 0 aromatic rings. The van der Waals surface area contributed by atoms with Gasteiger partial charge in [-0.2, -0.15) is 0 Å². The van der Waals surface area contributed by atoms with Gasteiger partial charge in [0.2, 0.25) is 5.91 Å². The van der Waals surface area contributed by atoms with Crippen molar-refractivity contribution in [1.29, 1.82) is 0 Å². The fraction of sp³-hybridized carbons (Fsp3) is 0.333. The van der Waals surface area contributed by atoms with Gasteiger partial charge < -0.3 is 10.1 Å². The van der Waals surface area contributed by atoms with E-state index < -0.39 is 11.5 Å². The largest absolute Gasteiger partial charge is 0.466 e. The number of allylic oxidation sites excluding steroid dienone is 2. The summed E-state index contributed by atoms with van der Waals surface area (Å²) in [7, 11) is 1.31. The third kappa shape index (κ3) is 3.38. The Labute approximate surface area is 94.7 Å². The van der Waals surface area contributed by atoms with Crippen LogP contribution < -0.4 is 5.32 Å². The first-order chi connectivity index (χ1) is 7.58. The van der Waals surface area contributed by atoms with Gasteiger partial charge in [0, 0.05) is 13.0 Å². The van der Waals surface area contributed by atoms with Gasteiger partial charge in [-0.15, -0.1) is 0 Å². The maximum atomic E-state index is 11.1. The van der Waals surface area contributed by atoms with Crippen LogP contribution in [-0.2, 0) is 14.3 Å². The Balaban J connectivity index is 2.83. The molecule has 0 saturated heterocycles. The Bertz CT molecular complexity index is 368. The molecule has 16 heavy (non-hydrogen) atoms. The smallest absolute Gasteiger partial charge is 0.330 e. The van der Waals surface area contributed by atoms with Crippen LogP contribution in [0, 0.1) is 0 Å². The minimum absolute atomic E-state index is 0.144. The molecule has 0 spiro atoms. The van der Waals surface area contributed by atoms with Crippen molar-refractivity contribution in [2.75, 3.05) is 7.11 Å². The highest BCUT2D eigenvalue weighted by Crippen LogP contribution is 2.19. The van der Waals surface area contributed by atoms with Crippen LogP contribution in [0.25, 0.3) is 0 Å². The molecule has 0 aromatic heterocycles. The van der Waals surface area contributed by atoms with Crippen LogP contribution in [-0.4, -0.2) is 24.5 Å². The number of hydrogen-bond donors (Lipinski definition) is 1. The molecule has 0 bridgehead atoms. The average molecular weight is 221 g/mol. The van der Waals surface area contributed by atoms with E-state index in [-0.39, 0.29) is 5.91 Å². The van der Waals surface area contributed by atoms with Crippen LogP contribution in [0.1, 0.15) is 13.3 Å². The van der Waals surface area contributed by atoms with Gasteiger partial charge in [-0.05, 0) is 12.5 Å². The zero-order valence-electron chi connectivity index (χ0n) is 9.40. The van der Waals surface area contributed by atoms with E-state index in [0.717, 1.165) is 0 Å². The second kappa shape index (κ2) is 5.30. The van der Waals surface area contributed by atoms with E-state index in [2.05, 4.69) is 10.1 Å². The SMILES string of the molecule is COC(=O)/C=C/C1(NC(C)=O)C=CC=CC1. The molecule has 0 heterocycles. The summed E-state index contributed by atoms with van der Waals surface area (Å²) < 4.78 is 4.51. The molecule has 0 radical (unpaired) electrons. The fourth-order valence-electron chi connectivity index (χ4n) is 1.51. The van der Waals surface area contributed by atoms with Crippen LogP contribution in [0.5, 0.6) is 0 Å². The molecule has 1 unspecified atom stereocenters. The standard InChI is InChI=1S/C12H15NO3/c1-10(14)13-12(7-4-3-5-8-12)9-6-11(15)16-2/h3-7,9H,8H2,1-2H3,(H,13,14)/b9-6+. The molecule has 86 valence electrons. The molecule has 4 nitrogen and oxygen atoms in total. The number of carbonyl (C=O) groups is 2. The van der Waals surface area contributed by atoms with E-state index in [4.69, 9.17) is 0 Å². The fourth-order valence-corrected chi connectivity index (χ4v) is 1.51. The van der Waals surface area contributed by atoms with Crippen molar-refractivity contribution in [3.8, 4) is 0 Å². The molecule has 0 fully saturated rings. The highest BCUT2D eigenvalue weighted by molar-refractivity contribution is 5.82. The predicted octanol–water partition coefficient (Wildman–Crippen LogP) is 1.11. The van der Waals surface area contributed by atoms with Crippen molar-refractivity contribution in [3.05, 3.63) is 36.5 Å². The molecule has 1 aliphatic rings. The van der Waals surface area contributed by atoms with E-state index in [1.54, 1.807) is 6.08 Å². The number of rotatable bonds is 3. The molecule has 1 N–H and O–H groups in total. The van der Waals surface area contributed by atoms with Gasteiger partial charge in [0.05, 0.1) is 12.6 Å². The minimum atomic E-state index is -0.616. The maximum absolute atomic E-state index is 11.1. The van der Waals surface area contributed by atoms with Crippen molar-refractivity contribution in [2.24, 2.45) is 0 Å². The normalized spacial score (nSPS) is 23.4. The van der Waals surface area contributed by atoms with Crippen molar-refractivity contribution in [1.82, 2.24) is 5.32 Å². The Morgan fingerprint density at radius 2 is 2.19 bits per heavy atom. The summed E-state index contributed by atoms with van der Waals surface area (Å²) in [5, 5.41) is 2.80. The van der Waals surface area contributed by atoms with Gasteiger partial charge >= 0.3 is 5.97 Å². The third-order valence-corrected chi connectivity index (χ3v) is 2.22. The summed E-state index contributed by atoms with van der Waals surface area (Å²) in [4.78, 5) is 22.1. The lowest BCUT2D eigenvalue weighted by Gasteiger charge is -2.28. The molecule has 0 aliphatic heterocycles. The molecule has 0 aromatic carbocycles. The van der Waals surface area contributed by atoms with Crippen molar-refractivity contribution >= 4 is 11.9 Å². The van der Waals surface area contributed by atoms with Gasteiger partial charge in [-0.3, -0.25) is 4.79 Å². The van der Waals surface area contributed by atoms with E-state index in [0.29, 0.717) is 6.42 Å². The van der Waals surface area contributed by atoms with Crippen molar-refractivity contribution in [3.63, 3.8) is 0 Å². The summed E-state index contributed by atoms with van der Waals surface area (Å²) >= 11 is 0. The molecular weight excluding hydrogens is 206 g/mol. The van der Waals surface area contributed by atoms with Gasteiger partial charge in [-0.1, -0.05) is 24.3 Å². The Kier molecular flexibility index (Phi) is 4.05. The Morgan fingerprint density at radius 1 is 1.44 bits per heavy atom. The number of hydrogen-bond acceptors (Lipinski definition) is 3. The molecule has 4 heteroatoms. The quantitative estimate of drug-likeness (QED) is 0.573. The van der Waals surface area contributed by atoms with Crippen LogP contribution >= 0.6 is 0 Å². The third-order valence-electron chi connectivity index (χ3n) is 2.22. The first-order valence-corrected chi connectivity index (χ1v) is 4.98. The second-order valence-electron chi connectivity index (χ2n) is 3.57. The first kappa shape index (κ1) is 12.2. The van der Waals surface area contributed by atoms with Gasteiger partial charge in [0.15, 0.2) is 0 Å². The molecule has 1 aliphatic carbocycles. The lowest BCUT2D eigenvalue weighted by molar-refractivity contribution is -0.135. The minimum Gasteiger partial charge on any atom is -0.466 e. The van der Waals surface area contributed by atoms with Crippen molar-refractivity contribution < 1.29 is 14.3 Å². The first-order valence-electron chi connectivity index (χ1n) is 4.98. The lowest BCUT2D eigenvalue weighted by atomic mass is 9.90. The van der Waals surface area contributed by atoms with E-state index in [9.17, 15) is 9.59 Å². The maximum Gasteiger partial charge on any atom is 0.330 e. The monoisotopic (exact) mass is 221 g/mol. The van der Waals surface area contributed by atoms with Crippen LogP contribution in [0.4, 0.5) is 0 Å². The van der Waals surface area contributed by atoms with E-state index in [1.807, 2.05) is 24.3 Å². The Morgan fingerprint density at radius 3 is 2.69 bits per heavy atom. The number of nitrogens with one attached hydrogen (secondary N) is 1. The predicted molar refractivity (Wildman–Crippen MR) is 60.6 cm³/mol. The summed E-state index contributed by atoms with van der Waals surface area (Å²) in [5.41, 5.74) is -0.616. The number of esters is 1. The molecule has 1 atom stereocenters. The lowest BCUT2D eigenvalue weighted by Crippen LogP contribution is -2.44. The molecule has 1 amide bonds. The second-order valence-corrected chi connectivity index (χ2v) is 3.57. The zero-order chi connectivity index (χ0) is 12.0. The number of carbonyl (C=O) groups excluding carboxylic acids is 2. The summed E-state index contributed by atoms with van der Waals surface area (Å²) in [6, 6.07) is 0. The zero-order valence-corrected chi connectivity index (χ0v) is 9.40. The van der Waals surface area contributed by atoms with Gasteiger partial charge in [0.1, 0.15) is 0 Å². The van der Waals surface area contributed by atoms with E-state index in [1.165, 1.54) is 20.1 Å². The Hall–Kier alpha value is -1.84. The number of amides is 1. The van der Waals surface area contributed by atoms with Crippen LogP contribution in [0.3, 0.4) is 0 Å². The van der Waals surface area contributed by atoms with E-state index >= 15 is 0 Å². The van der Waals surface area contributed by atoms with Crippen LogP contribution in [0.15, 0.2) is 36.5 Å². The average Bonchev–Trinajstić information content (AvgIpc) is 2.26. The topological polar surface area (TPSA) is 55.4 Å². The van der Waals surface area contributed by atoms with Crippen molar-refractivity contribution in [2.45, 2.75) is 18.9 Å².